The second-order valence-electron chi connectivity index (χ2n) is 6.21. The van der Waals surface area contributed by atoms with Gasteiger partial charge in [-0.3, -0.25) is 14.4 Å². The van der Waals surface area contributed by atoms with Gasteiger partial charge in [0.1, 0.15) is 5.92 Å². The zero-order valence-electron chi connectivity index (χ0n) is 14.8. The molecule has 1 N–H and O–H groups in total. The maximum absolute atomic E-state index is 12.3. The van der Waals surface area contributed by atoms with E-state index in [-0.39, 0.29) is 24.6 Å². The fourth-order valence-corrected chi connectivity index (χ4v) is 2.93. The molecule has 1 aromatic carbocycles. The van der Waals surface area contributed by atoms with E-state index in [2.05, 4.69) is 0 Å². The summed E-state index contributed by atoms with van der Waals surface area (Å²) in [6.45, 7) is 2.98. The summed E-state index contributed by atoms with van der Waals surface area (Å²) in [7, 11) is 0. The molecule has 7 heteroatoms. The number of carbonyl (C=O) groups excluding carboxylic acids is 3. The first kappa shape index (κ1) is 19.3. The van der Waals surface area contributed by atoms with E-state index >= 15 is 0 Å². The number of carbonyl (C=O) groups is 3. The van der Waals surface area contributed by atoms with Crippen LogP contribution in [-0.2, 0) is 25.5 Å². The molecular weight excluding hydrogens is 334 g/mol. The zero-order chi connectivity index (χ0) is 19.3. The lowest BCUT2D eigenvalue weighted by molar-refractivity contribution is -0.152. The van der Waals surface area contributed by atoms with Gasteiger partial charge in [-0.15, -0.1) is 0 Å². The van der Waals surface area contributed by atoms with Gasteiger partial charge in [0, 0.05) is 24.4 Å². The monoisotopic (exact) mass is 355 g/mol. The third-order valence-corrected chi connectivity index (χ3v) is 4.36. The molecule has 0 aromatic heterocycles. The Morgan fingerprint density at radius 3 is 2.73 bits per heavy atom. The van der Waals surface area contributed by atoms with Crippen molar-refractivity contribution in [3.05, 3.63) is 29.8 Å². The van der Waals surface area contributed by atoms with Gasteiger partial charge >= 0.3 is 5.97 Å². The van der Waals surface area contributed by atoms with Gasteiger partial charge in [0.05, 0.1) is 12.0 Å². The quantitative estimate of drug-likeness (QED) is 0.593. The molecule has 136 valence electrons. The molecule has 0 saturated carbocycles. The number of nitrogens with zero attached hydrogens (tertiary/aromatic N) is 2. The average molecular weight is 355 g/mol. The number of nitrogens with one attached hydrogen (secondary N) is 1. The SMILES string of the molecule is CCc1ccccc1N1C[C@H](C(=O)OCC(=O)[C@H](C#N)C(C)=N)CC1=O. The van der Waals surface area contributed by atoms with Crippen LogP contribution in [0, 0.1) is 28.6 Å². The molecule has 1 fully saturated rings. The normalized spacial score (nSPS) is 17.5. The lowest BCUT2D eigenvalue weighted by Crippen LogP contribution is -2.29. The number of rotatable bonds is 7. The van der Waals surface area contributed by atoms with Crippen molar-refractivity contribution < 1.29 is 19.1 Å². The Bertz CT molecular complexity index is 781. The van der Waals surface area contributed by atoms with Gasteiger partial charge in [0.25, 0.3) is 0 Å². The Labute approximate surface area is 152 Å². The Balaban J connectivity index is 2.00. The van der Waals surface area contributed by atoms with Gasteiger partial charge in [-0.25, -0.2) is 0 Å². The molecule has 1 saturated heterocycles. The molecular formula is C19H21N3O4. The largest absolute Gasteiger partial charge is 0.457 e. The first-order chi connectivity index (χ1) is 12.4. The van der Waals surface area contributed by atoms with Crippen LogP contribution in [-0.4, -0.2) is 36.5 Å². The summed E-state index contributed by atoms with van der Waals surface area (Å²) >= 11 is 0. The molecule has 1 amide bonds. The highest BCUT2D eigenvalue weighted by atomic mass is 16.5. The summed E-state index contributed by atoms with van der Waals surface area (Å²) in [6.07, 6.45) is 0.790. The Hall–Kier alpha value is -3.01. The van der Waals surface area contributed by atoms with Crippen molar-refractivity contribution in [1.29, 1.82) is 10.7 Å². The van der Waals surface area contributed by atoms with E-state index in [0.29, 0.717) is 0 Å². The molecule has 1 aliphatic rings. The van der Waals surface area contributed by atoms with E-state index in [1.54, 1.807) is 11.0 Å². The molecule has 26 heavy (non-hydrogen) atoms. The molecule has 0 bridgehead atoms. The van der Waals surface area contributed by atoms with Crippen molar-refractivity contribution in [3.8, 4) is 6.07 Å². The highest BCUT2D eigenvalue weighted by Crippen LogP contribution is 2.29. The third-order valence-electron chi connectivity index (χ3n) is 4.36. The Morgan fingerprint density at radius 1 is 1.42 bits per heavy atom. The van der Waals surface area contributed by atoms with E-state index < -0.39 is 30.2 Å². The molecule has 0 aliphatic carbocycles. The minimum atomic E-state index is -1.21. The summed E-state index contributed by atoms with van der Waals surface area (Å²) < 4.78 is 4.99. The number of anilines is 1. The second-order valence-corrected chi connectivity index (χ2v) is 6.21. The van der Waals surface area contributed by atoms with Crippen LogP contribution in [0.5, 0.6) is 0 Å². The minimum Gasteiger partial charge on any atom is -0.457 e. The van der Waals surface area contributed by atoms with Gasteiger partial charge in [0.15, 0.2) is 12.4 Å². The van der Waals surface area contributed by atoms with Gasteiger partial charge < -0.3 is 15.0 Å². The lowest BCUT2D eigenvalue weighted by atomic mass is 10.0. The Kier molecular flexibility index (Phi) is 6.23. The van der Waals surface area contributed by atoms with Crippen molar-refractivity contribution in [2.75, 3.05) is 18.1 Å². The van der Waals surface area contributed by atoms with Crippen LogP contribution in [0.1, 0.15) is 25.8 Å². The number of aryl methyl sites for hydroxylation is 1. The van der Waals surface area contributed by atoms with Crippen molar-refractivity contribution in [3.63, 3.8) is 0 Å². The van der Waals surface area contributed by atoms with E-state index in [0.717, 1.165) is 17.7 Å². The number of hydrogen-bond donors (Lipinski definition) is 1. The summed E-state index contributed by atoms with van der Waals surface area (Å²) in [5, 5.41) is 16.3. The molecule has 0 radical (unpaired) electrons. The van der Waals surface area contributed by atoms with Crippen LogP contribution in [0.2, 0.25) is 0 Å². The number of Topliss-reactive ketones (excluding diaryl/α,β-unsaturated/α-hetero) is 1. The molecule has 7 nitrogen and oxygen atoms in total. The maximum Gasteiger partial charge on any atom is 0.311 e. The van der Waals surface area contributed by atoms with Crippen LogP contribution in [0.15, 0.2) is 24.3 Å². The van der Waals surface area contributed by atoms with Crippen molar-refractivity contribution in [2.24, 2.45) is 11.8 Å². The summed E-state index contributed by atoms with van der Waals surface area (Å²) in [5.74, 6) is -3.29. The van der Waals surface area contributed by atoms with Crippen molar-refractivity contribution >= 4 is 29.1 Å². The topological polar surface area (TPSA) is 111 Å². The number of para-hydroxylation sites is 1. The highest BCUT2D eigenvalue weighted by molar-refractivity contribution is 6.06. The van der Waals surface area contributed by atoms with E-state index in [4.69, 9.17) is 15.4 Å². The van der Waals surface area contributed by atoms with E-state index in [9.17, 15) is 14.4 Å². The minimum absolute atomic E-state index is 0.0242. The van der Waals surface area contributed by atoms with Gasteiger partial charge in [-0.05, 0) is 25.0 Å². The molecule has 2 atom stereocenters. The number of amides is 1. The van der Waals surface area contributed by atoms with Crippen LogP contribution in [0.4, 0.5) is 5.69 Å². The average Bonchev–Trinajstić information content (AvgIpc) is 3.01. The number of esters is 1. The fraction of sp³-hybridized carbons (Fsp3) is 0.421. The van der Waals surface area contributed by atoms with Gasteiger partial charge in [-0.1, -0.05) is 25.1 Å². The number of nitriles is 1. The number of benzene rings is 1. The Morgan fingerprint density at radius 2 is 2.12 bits per heavy atom. The predicted molar refractivity (Wildman–Crippen MR) is 94.7 cm³/mol. The van der Waals surface area contributed by atoms with Crippen molar-refractivity contribution in [2.45, 2.75) is 26.7 Å². The summed E-state index contributed by atoms with van der Waals surface area (Å²) in [5.41, 5.74) is 1.71. The molecule has 2 rings (SSSR count). The standard InChI is InChI=1S/C19H21N3O4/c1-3-13-6-4-5-7-16(13)22-10-14(8-18(22)24)19(25)26-11-17(23)15(9-20)12(2)21/h4-7,14-15,21H,3,8,10-11H2,1-2H3/t14-,15-/m1/s1. The van der Waals surface area contributed by atoms with Gasteiger partial charge in [-0.2, -0.15) is 5.26 Å². The lowest BCUT2D eigenvalue weighted by Gasteiger charge is -2.19. The van der Waals surface area contributed by atoms with Crippen LogP contribution < -0.4 is 4.90 Å². The first-order valence-electron chi connectivity index (χ1n) is 8.41. The zero-order valence-corrected chi connectivity index (χ0v) is 14.8. The van der Waals surface area contributed by atoms with Crippen LogP contribution in [0.25, 0.3) is 0 Å². The molecule has 1 aromatic rings. The maximum atomic E-state index is 12.3. The number of hydrogen-bond acceptors (Lipinski definition) is 6. The van der Waals surface area contributed by atoms with Crippen molar-refractivity contribution in [1.82, 2.24) is 0 Å². The van der Waals surface area contributed by atoms with E-state index in [1.165, 1.54) is 6.92 Å². The van der Waals surface area contributed by atoms with Crippen LogP contribution in [0.3, 0.4) is 0 Å². The second kappa shape index (κ2) is 8.39. The molecule has 1 aliphatic heterocycles. The van der Waals surface area contributed by atoms with Crippen LogP contribution >= 0.6 is 0 Å². The summed E-state index contributed by atoms with van der Waals surface area (Å²) in [4.78, 5) is 38.0. The molecule has 0 spiro atoms. The van der Waals surface area contributed by atoms with Gasteiger partial charge in [0.2, 0.25) is 5.91 Å². The third kappa shape index (κ3) is 4.14. The summed E-state index contributed by atoms with van der Waals surface area (Å²) in [6, 6.07) is 9.24. The predicted octanol–water partition coefficient (Wildman–Crippen LogP) is 1.89. The number of ether oxygens (including phenoxy) is 1. The first-order valence-corrected chi connectivity index (χ1v) is 8.41. The fourth-order valence-electron chi connectivity index (χ4n) is 2.93. The molecule has 0 unspecified atom stereocenters. The molecule has 1 heterocycles. The highest BCUT2D eigenvalue weighted by Gasteiger charge is 2.37. The smallest absolute Gasteiger partial charge is 0.311 e. The number of ketones is 1. The van der Waals surface area contributed by atoms with E-state index in [1.807, 2.05) is 31.2 Å².